The van der Waals surface area contributed by atoms with Crippen molar-refractivity contribution < 1.29 is 14.6 Å². The maximum atomic E-state index is 11.2. The zero-order chi connectivity index (χ0) is 24.4. The van der Waals surface area contributed by atoms with E-state index in [9.17, 15) is 9.90 Å². The normalized spacial score (nSPS) is 10.7. The van der Waals surface area contributed by atoms with Gasteiger partial charge in [0.1, 0.15) is 17.8 Å². The van der Waals surface area contributed by atoms with Crippen molar-refractivity contribution in [1.82, 2.24) is 29.5 Å². The third-order valence-electron chi connectivity index (χ3n) is 5.38. The molecule has 0 radical (unpaired) electrons. The van der Waals surface area contributed by atoms with Crippen LogP contribution in [0, 0.1) is 25.2 Å². The zero-order valence-corrected chi connectivity index (χ0v) is 19.1. The lowest BCUT2D eigenvalue weighted by Gasteiger charge is -2.09. The molecule has 2 N–H and O–H groups in total. The Balaban J connectivity index is 1.68. The summed E-state index contributed by atoms with van der Waals surface area (Å²) in [5, 5.41) is 30.4. The lowest BCUT2D eigenvalue weighted by molar-refractivity contribution is -0.136. The second kappa shape index (κ2) is 9.03. The van der Waals surface area contributed by atoms with Gasteiger partial charge in [0.25, 0.3) is 0 Å². The average molecular weight is 458 g/mol. The summed E-state index contributed by atoms with van der Waals surface area (Å²) in [7, 11) is 3.35. The van der Waals surface area contributed by atoms with Crippen LogP contribution in [0.5, 0.6) is 5.75 Å². The van der Waals surface area contributed by atoms with Crippen LogP contribution in [0.2, 0.25) is 0 Å². The van der Waals surface area contributed by atoms with Gasteiger partial charge in [-0.2, -0.15) is 15.5 Å². The van der Waals surface area contributed by atoms with Gasteiger partial charge in [0.05, 0.1) is 30.9 Å². The standard InChI is InChI=1S/C23H22N8O3/c1-13-17(9-20(32)33)14(2)31(28-13)19-10-18(25-12-26-19)27-23-22(34-4)21(30(3)29-23)16-7-5-15(11-24)6-8-16/h5-8,10,12H,9H2,1-4H3,(H,32,33)(H,25,26,27,29). The van der Waals surface area contributed by atoms with E-state index < -0.39 is 5.97 Å². The van der Waals surface area contributed by atoms with E-state index in [0.29, 0.717) is 45.7 Å². The predicted molar refractivity (Wildman–Crippen MR) is 123 cm³/mol. The Kier molecular flexibility index (Phi) is 5.97. The maximum absolute atomic E-state index is 11.2. The van der Waals surface area contributed by atoms with E-state index in [1.807, 2.05) is 12.1 Å². The highest BCUT2D eigenvalue weighted by atomic mass is 16.5. The van der Waals surface area contributed by atoms with Crippen LogP contribution in [0.1, 0.15) is 22.5 Å². The van der Waals surface area contributed by atoms with Gasteiger partial charge in [-0.1, -0.05) is 12.1 Å². The number of aryl methyl sites for hydroxylation is 2. The minimum atomic E-state index is -0.920. The number of carboxylic acids is 1. The van der Waals surface area contributed by atoms with Crippen LogP contribution in [0.25, 0.3) is 17.1 Å². The van der Waals surface area contributed by atoms with Crippen molar-refractivity contribution >= 4 is 17.6 Å². The summed E-state index contributed by atoms with van der Waals surface area (Å²) in [6.45, 7) is 3.57. The average Bonchev–Trinajstić information content (AvgIpc) is 3.29. The first kappa shape index (κ1) is 22.5. The highest BCUT2D eigenvalue weighted by molar-refractivity contribution is 5.76. The third kappa shape index (κ3) is 4.16. The quantitative estimate of drug-likeness (QED) is 0.427. The molecule has 172 valence electrons. The minimum Gasteiger partial charge on any atom is -0.491 e. The van der Waals surface area contributed by atoms with Crippen molar-refractivity contribution in [1.29, 1.82) is 5.26 Å². The van der Waals surface area contributed by atoms with Crippen LogP contribution in [0.4, 0.5) is 11.6 Å². The first-order chi connectivity index (χ1) is 16.3. The number of nitrogens with zero attached hydrogens (tertiary/aromatic N) is 7. The van der Waals surface area contributed by atoms with Crippen LogP contribution in [-0.2, 0) is 18.3 Å². The number of carboxylic acid groups (broad SMARTS) is 1. The van der Waals surface area contributed by atoms with Gasteiger partial charge in [0.15, 0.2) is 17.4 Å². The summed E-state index contributed by atoms with van der Waals surface area (Å²) in [4.78, 5) is 19.8. The topological polar surface area (TPSA) is 144 Å². The smallest absolute Gasteiger partial charge is 0.307 e. The molecule has 1 aromatic carbocycles. The molecule has 0 amide bonds. The minimum absolute atomic E-state index is 0.114. The monoisotopic (exact) mass is 458 g/mol. The highest BCUT2D eigenvalue weighted by Gasteiger charge is 2.20. The molecule has 4 rings (SSSR count). The molecule has 3 heterocycles. The number of aliphatic carboxylic acids is 1. The van der Waals surface area contributed by atoms with Gasteiger partial charge in [-0.3, -0.25) is 9.48 Å². The number of carbonyl (C=O) groups is 1. The van der Waals surface area contributed by atoms with Gasteiger partial charge in [-0.15, -0.1) is 0 Å². The SMILES string of the molecule is COc1c(Nc2cc(-n3nc(C)c(CC(=O)O)c3C)ncn2)nn(C)c1-c1ccc(C#N)cc1. The van der Waals surface area contributed by atoms with Crippen LogP contribution in [0.15, 0.2) is 36.7 Å². The number of benzene rings is 1. The number of hydrogen-bond donors (Lipinski definition) is 2. The van der Waals surface area contributed by atoms with E-state index in [4.69, 9.17) is 10.00 Å². The van der Waals surface area contributed by atoms with Crippen LogP contribution >= 0.6 is 0 Å². The molecule has 0 aliphatic rings. The molecule has 0 fully saturated rings. The summed E-state index contributed by atoms with van der Waals surface area (Å²) in [5.41, 5.74) is 4.12. The molecule has 0 saturated carbocycles. The van der Waals surface area contributed by atoms with Gasteiger partial charge < -0.3 is 15.2 Å². The highest BCUT2D eigenvalue weighted by Crippen LogP contribution is 2.37. The fourth-order valence-electron chi connectivity index (χ4n) is 3.76. The number of rotatable bonds is 7. The van der Waals surface area contributed by atoms with Crippen molar-refractivity contribution in [2.75, 3.05) is 12.4 Å². The van der Waals surface area contributed by atoms with E-state index in [1.54, 1.807) is 55.6 Å². The first-order valence-electron chi connectivity index (χ1n) is 10.3. The molecule has 11 heteroatoms. The molecule has 0 aliphatic heterocycles. The third-order valence-corrected chi connectivity index (χ3v) is 5.38. The van der Waals surface area contributed by atoms with Gasteiger partial charge in [0.2, 0.25) is 0 Å². The summed E-state index contributed by atoms with van der Waals surface area (Å²) in [6.07, 6.45) is 1.28. The van der Waals surface area contributed by atoms with Gasteiger partial charge >= 0.3 is 5.97 Å². The summed E-state index contributed by atoms with van der Waals surface area (Å²) in [6, 6.07) is 10.9. The first-order valence-corrected chi connectivity index (χ1v) is 10.3. The summed E-state index contributed by atoms with van der Waals surface area (Å²) in [5.74, 6) is 0.990. The largest absolute Gasteiger partial charge is 0.491 e. The number of nitrogens with one attached hydrogen (secondary N) is 1. The predicted octanol–water partition coefficient (Wildman–Crippen LogP) is 2.93. The second-order valence-electron chi connectivity index (χ2n) is 7.56. The van der Waals surface area contributed by atoms with Crippen LogP contribution < -0.4 is 10.1 Å². The van der Waals surface area contributed by atoms with E-state index in [1.165, 1.54) is 6.33 Å². The van der Waals surface area contributed by atoms with Crippen molar-refractivity contribution in [2.45, 2.75) is 20.3 Å². The van der Waals surface area contributed by atoms with Crippen LogP contribution in [0.3, 0.4) is 0 Å². The molecule has 0 aliphatic carbocycles. The molecule has 0 spiro atoms. The Morgan fingerprint density at radius 3 is 2.59 bits per heavy atom. The molecule has 0 bridgehead atoms. The molecular formula is C23H22N8O3. The van der Waals surface area contributed by atoms with Crippen molar-refractivity contribution in [2.24, 2.45) is 7.05 Å². The van der Waals surface area contributed by atoms with E-state index >= 15 is 0 Å². The Morgan fingerprint density at radius 1 is 1.21 bits per heavy atom. The molecule has 3 aromatic heterocycles. The lowest BCUT2D eigenvalue weighted by Crippen LogP contribution is -2.06. The molecule has 0 unspecified atom stereocenters. The number of methoxy groups -OCH3 is 1. The van der Waals surface area contributed by atoms with Crippen molar-refractivity contribution in [3.8, 4) is 28.9 Å². The van der Waals surface area contributed by atoms with Gasteiger partial charge in [-0.25, -0.2) is 14.6 Å². The van der Waals surface area contributed by atoms with Gasteiger partial charge in [0, 0.05) is 29.9 Å². The Labute approximate surface area is 195 Å². The second-order valence-corrected chi connectivity index (χ2v) is 7.56. The Hall–Kier alpha value is -4.72. The van der Waals surface area contributed by atoms with E-state index in [0.717, 1.165) is 11.3 Å². The fourth-order valence-corrected chi connectivity index (χ4v) is 3.76. The number of ether oxygens (including phenoxy) is 1. The number of anilines is 2. The molecule has 0 saturated heterocycles. The molecule has 11 nitrogen and oxygen atoms in total. The number of hydrogen-bond acceptors (Lipinski definition) is 8. The Morgan fingerprint density at radius 2 is 1.94 bits per heavy atom. The molecule has 0 atom stereocenters. The van der Waals surface area contributed by atoms with E-state index in [-0.39, 0.29) is 6.42 Å². The number of aromatic nitrogens is 6. The Bertz CT molecular complexity index is 1410. The van der Waals surface area contributed by atoms with Crippen molar-refractivity contribution in [3.63, 3.8) is 0 Å². The summed E-state index contributed by atoms with van der Waals surface area (Å²) >= 11 is 0. The van der Waals surface area contributed by atoms with Gasteiger partial charge in [-0.05, 0) is 26.0 Å². The lowest BCUT2D eigenvalue weighted by atomic mass is 10.1. The molecule has 4 aromatic rings. The van der Waals surface area contributed by atoms with E-state index in [2.05, 4.69) is 31.6 Å². The summed E-state index contributed by atoms with van der Waals surface area (Å²) < 4.78 is 8.92. The van der Waals surface area contributed by atoms with Crippen LogP contribution in [-0.4, -0.2) is 47.7 Å². The zero-order valence-electron chi connectivity index (χ0n) is 19.1. The van der Waals surface area contributed by atoms with Crippen molar-refractivity contribution in [3.05, 3.63) is 59.2 Å². The maximum Gasteiger partial charge on any atom is 0.307 e. The molecule has 34 heavy (non-hydrogen) atoms. The number of nitriles is 1. The fraction of sp³-hybridized carbons (Fsp3) is 0.217. The molecular weight excluding hydrogens is 436 g/mol.